The highest BCUT2D eigenvalue weighted by Gasteiger charge is 2.38. The van der Waals surface area contributed by atoms with E-state index in [-0.39, 0.29) is 5.92 Å². The molecule has 1 rings (SSSR count). The van der Waals surface area contributed by atoms with Gasteiger partial charge in [0.25, 0.3) is 0 Å². The van der Waals surface area contributed by atoms with E-state index in [0.29, 0.717) is 25.7 Å². The maximum Gasteiger partial charge on any atom is 0.451 e. The fourth-order valence-electron chi connectivity index (χ4n) is 2.09. The molecule has 0 unspecified atom stereocenters. The van der Waals surface area contributed by atoms with E-state index >= 15 is 0 Å². The second-order valence-corrected chi connectivity index (χ2v) is 4.62. The van der Waals surface area contributed by atoms with Crippen LogP contribution in [-0.2, 0) is 4.79 Å². The van der Waals surface area contributed by atoms with E-state index in [0.717, 1.165) is 6.54 Å². The first-order valence-electron chi connectivity index (χ1n) is 5.24. The molecule has 1 aliphatic heterocycles. The van der Waals surface area contributed by atoms with Gasteiger partial charge in [0.2, 0.25) is 0 Å². The van der Waals surface area contributed by atoms with Crippen LogP contribution in [0.25, 0.3) is 0 Å². The molecule has 0 saturated carbocycles. The second kappa shape index (κ2) is 4.96. The third-order valence-corrected chi connectivity index (χ3v) is 3.04. The average Bonchev–Trinajstić information content (AvgIpc) is 2.15. The van der Waals surface area contributed by atoms with Crippen molar-refractivity contribution in [1.82, 2.24) is 5.32 Å². The lowest BCUT2D eigenvalue weighted by molar-refractivity contribution is -0.149. The van der Waals surface area contributed by atoms with Crippen molar-refractivity contribution >= 4 is 13.1 Å². The Morgan fingerprint density at radius 1 is 1.60 bits per heavy atom. The first kappa shape index (κ1) is 12.5. The number of carboxylic acid groups (broad SMARTS) is 1. The zero-order valence-electron chi connectivity index (χ0n) is 8.94. The Labute approximate surface area is 89.6 Å². The molecular formula is C9H18BNO4. The molecule has 1 fully saturated rings. The van der Waals surface area contributed by atoms with Gasteiger partial charge in [-0.3, -0.25) is 4.79 Å². The molecule has 15 heavy (non-hydrogen) atoms. The number of carboxylic acids is 1. The molecule has 0 amide bonds. The largest absolute Gasteiger partial charge is 0.481 e. The van der Waals surface area contributed by atoms with Gasteiger partial charge in [-0.2, -0.15) is 0 Å². The lowest BCUT2D eigenvalue weighted by Gasteiger charge is -2.35. The monoisotopic (exact) mass is 215 g/mol. The minimum absolute atomic E-state index is 0.210. The maximum atomic E-state index is 11.0. The molecule has 0 radical (unpaired) electrons. The minimum atomic E-state index is -1.29. The van der Waals surface area contributed by atoms with Gasteiger partial charge in [-0.1, -0.05) is 6.42 Å². The summed E-state index contributed by atoms with van der Waals surface area (Å²) in [6, 6.07) is 0. The molecule has 0 aromatic carbocycles. The van der Waals surface area contributed by atoms with Crippen LogP contribution in [0, 0.1) is 11.3 Å². The molecule has 0 bridgehead atoms. The van der Waals surface area contributed by atoms with E-state index in [4.69, 9.17) is 15.2 Å². The highest BCUT2D eigenvalue weighted by atomic mass is 16.4. The van der Waals surface area contributed by atoms with Gasteiger partial charge in [0.15, 0.2) is 0 Å². The molecule has 0 spiro atoms. The number of piperidine rings is 1. The van der Waals surface area contributed by atoms with E-state index in [9.17, 15) is 4.79 Å². The van der Waals surface area contributed by atoms with Gasteiger partial charge in [-0.25, -0.2) is 0 Å². The molecule has 5 nitrogen and oxygen atoms in total. The standard InChI is InChI=1S/C9H18BNO4/c1-9(8(12)13)4-7(5-11-6-9)2-3-10(14)15/h7,11,14-15H,2-6H2,1H3,(H,12,13)/t7-,9-/m0/s1. The number of hydrogen-bond acceptors (Lipinski definition) is 4. The van der Waals surface area contributed by atoms with Gasteiger partial charge >= 0.3 is 13.1 Å². The van der Waals surface area contributed by atoms with Crippen LogP contribution in [0.1, 0.15) is 19.8 Å². The van der Waals surface area contributed by atoms with E-state index in [1.165, 1.54) is 0 Å². The molecule has 1 heterocycles. The molecule has 0 aromatic heterocycles. The third-order valence-electron chi connectivity index (χ3n) is 3.04. The summed E-state index contributed by atoms with van der Waals surface area (Å²) in [7, 11) is -1.29. The highest BCUT2D eigenvalue weighted by molar-refractivity contribution is 6.40. The fraction of sp³-hybridized carbons (Fsp3) is 0.889. The molecule has 0 aliphatic carbocycles. The van der Waals surface area contributed by atoms with E-state index in [2.05, 4.69) is 5.32 Å². The van der Waals surface area contributed by atoms with Crippen LogP contribution in [0.2, 0.25) is 6.32 Å². The van der Waals surface area contributed by atoms with E-state index in [1.807, 2.05) is 0 Å². The van der Waals surface area contributed by atoms with Gasteiger partial charge in [0.1, 0.15) is 0 Å². The van der Waals surface area contributed by atoms with Crippen molar-refractivity contribution in [3.8, 4) is 0 Å². The third kappa shape index (κ3) is 3.48. The van der Waals surface area contributed by atoms with Gasteiger partial charge in [0.05, 0.1) is 5.41 Å². The summed E-state index contributed by atoms with van der Waals surface area (Å²) in [6.45, 7) is 2.97. The summed E-state index contributed by atoms with van der Waals surface area (Å²) in [5, 5.41) is 29.6. The quantitative estimate of drug-likeness (QED) is 0.477. The summed E-state index contributed by atoms with van der Waals surface area (Å²) < 4.78 is 0. The zero-order chi connectivity index (χ0) is 11.5. The molecule has 6 heteroatoms. The molecule has 1 aliphatic rings. The van der Waals surface area contributed by atoms with E-state index < -0.39 is 18.5 Å². The predicted molar refractivity (Wildman–Crippen MR) is 56.3 cm³/mol. The normalized spacial score (nSPS) is 31.3. The first-order valence-corrected chi connectivity index (χ1v) is 5.24. The number of nitrogens with one attached hydrogen (secondary N) is 1. The highest BCUT2D eigenvalue weighted by Crippen LogP contribution is 2.31. The van der Waals surface area contributed by atoms with Crippen LogP contribution in [0.4, 0.5) is 0 Å². The molecule has 4 N–H and O–H groups in total. The predicted octanol–water partition coefficient (Wildman–Crippen LogP) is -0.450. The second-order valence-electron chi connectivity index (χ2n) is 4.62. The lowest BCUT2D eigenvalue weighted by Crippen LogP contribution is -2.47. The average molecular weight is 215 g/mol. The Kier molecular flexibility index (Phi) is 4.13. The van der Waals surface area contributed by atoms with Crippen LogP contribution in [0.5, 0.6) is 0 Å². The fourth-order valence-corrected chi connectivity index (χ4v) is 2.09. The molecule has 2 atom stereocenters. The topological polar surface area (TPSA) is 89.8 Å². The van der Waals surface area contributed by atoms with Crippen LogP contribution in [0.3, 0.4) is 0 Å². The van der Waals surface area contributed by atoms with Crippen molar-refractivity contribution < 1.29 is 19.9 Å². The zero-order valence-corrected chi connectivity index (χ0v) is 8.94. The minimum Gasteiger partial charge on any atom is -0.481 e. The maximum absolute atomic E-state index is 11.0. The summed E-state index contributed by atoms with van der Waals surface area (Å²) in [5.74, 6) is -0.578. The summed E-state index contributed by atoms with van der Waals surface area (Å²) in [6.07, 6.45) is 1.55. The Bertz CT molecular complexity index is 236. The summed E-state index contributed by atoms with van der Waals surface area (Å²) in [5.41, 5.74) is -0.719. The van der Waals surface area contributed by atoms with Crippen molar-refractivity contribution in [2.45, 2.75) is 26.1 Å². The Morgan fingerprint density at radius 2 is 2.27 bits per heavy atom. The number of hydrogen-bond donors (Lipinski definition) is 4. The molecule has 0 aromatic rings. The SMILES string of the molecule is C[C@@]1(C(=O)O)CNC[C@@H](CCB(O)O)C1. The van der Waals surface area contributed by atoms with Crippen molar-refractivity contribution in [3.05, 3.63) is 0 Å². The smallest absolute Gasteiger partial charge is 0.451 e. The molecular weight excluding hydrogens is 197 g/mol. The van der Waals surface area contributed by atoms with Crippen molar-refractivity contribution in [2.24, 2.45) is 11.3 Å². The van der Waals surface area contributed by atoms with Crippen molar-refractivity contribution in [2.75, 3.05) is 13.1 Å². The van der Waals surface area contributed by atoms with Gasteiger partial charge < -0.3 is 20.5 Å². The summed E-state index contributed by atoms with van der Waals surface area (Å²) >= 11 is 0. The lowest BCUT2D eigenvalue weighted by atomic mass is 9.73. The van der Waals surface area contributed by atoms with Crippen LogP contribution in [-0.4, -0.2) is 41.3 Å². The van der Waals surface area contributed by atoms with Gasteiger partial charge in [-0.05, 0) is 32.1 Å². The Hall–Kier alpha value is -0.585. The number of carbonyl (C=O) groups is 1. The number of rotatable bonds is 4. The van der Waals surface area contributed by atoms with Crippen LogP contribution in [0.15, 0.2) is 0 Å². The van der Waals surface area contributed by atoms with Gasteiger partial charge in [0, 0.05) is 6.54 Å². The van der Waals surface area contributed by atoms with Crippen molar-refractivity contribution in [3.63, 3.8) is 0 Å². The summed E-state index contributed by atoms with van der Waals surface area (Å²) in [4.78, 5) is 11.0. The molecule has 86 valence electrons. The Balaban J connectivity index is 2.45. The van der Waals surface area contributed by atoms with Crippen molar-refractivity contribution in [1.29, 1.82) is 0 Å². The van der Waals surface area contributed by atoms with Crippen LogP contribution >= 0.6 is 0 Å². The Morgan fingerprint density at radius 3 is 2.80 bits per heavy atom. The van der Waals surface area contributed by atoms with Crippen LogP contribution < -0.4 is 5.32 Å². The molecule has 1 saturated heterocycles. The number of aliphatic carboxylic acids is 1. The van der Waals surface area contributed by atoms with Gasteiger partial charge in [-0.15, -0.1) is 0 Å². The first-order chi connectivity index (χ1) is 6.94. The van der Waals surface area contributed by atoms with E-state index in [1.54, 1.807) is 6.92 Å².